The highest BCUT2D eigenvalue weighted by Crippen LogP contribution is 2.13. The Hall–Kier alpha value is -0.830. The summed E-state index contributed by atoms with van der Waals surface area (Å²) in [7, 11) is 2.15. The van der Waals surface area contributed by atoms with Crippen molar-refractivity contribution >= 4 is 0 Å². The van der Waals surface area contributed by atoms with Crippen molar-refractivity contribution in [2.45, 2.75) is 33.4 Å². The molecule has 2 heterocycles. The first-order chi connectivity index (χ1) is 6.65. The number of nitrogens with zero attached hydrogens (tertiary/aromatic N) is 3. The first-order valence-electron chi connectivity index (χ1n) is 5.38. The van der Waals surface area contributed by atoms with Gasteiger partial charge in [-0.15, -0.1) is 0 Å². The summed E-state index contributed by atoms with van der Waals surface area (Å²) >= 11 is 0. The maximum Gasteiger partial charge on any atom is 0.123 e. The lowest BCUT2D eigenvalue weighted by Crippen LogP contribution is -2.30. The van der Waals surface area contributed by atoms with Gasteiger partial charge in [-0.2, -0.15) is 0 Å². The first kappa shape index (κ1) is 9.71. The third kappa shape index (κ3) is 1.98. The number of likely N-dealkylation sites (N-methyl/N-ethyl adjacent to an activating group) is 1. The maximum atomic E-state index is 4.66. The second-order valence-corrected chi connectivity index (χ2v) is 4.68. The fourth-order valence-corrected chi connectivity index (χ4v) is 1.95. The van der Waals surface area contributed by atoms with Crippen molar-refractivity contribution < 1.29 is 0 Å². The van der Waals surface area contributed by atoms with Crippen LogP contribution in [0.1, 0.15) is 25.4 Å². The van der Waals surface area contributed by atoms with Crippen molar-refractivity contribution in [1.29, 1.82) is 0 Å². The summed E-state index contributed by atoms with van der Waals surface area (Å²) < 4.78 is 2.30. The lowest BCUT2D eigenvalue weighted by molar-refractivity contribution is 0.264. The van der Waals surface area contributed by atoms with Gasteiger partial charge in [0.15, 0.2) is 0 Å². The number of hydrogen-bond acceptors (Lipinski definition) is 2. The zero-order chi connectivity index (χ0) is 10.1. The SMILES string of the molecule is CC(C)Cc1cn2c(n1)CN(C)CC2. The fourth-order valence-electron chi connectivity index (χ4n) is 1.95. The van der Waals surface area contributed by atoms with E-state index in [2.05, 4.69) is 41.5 Å². The monoisotopic (exact) mass is 193 g/mol. The largest absolute Gasteiger partial charge is 0.332 e. The van der Waals surface area contributed by atoms with E-state index >= 15 is 0 Å². The Morgan fingerprint density at radius 3 is 2.93 bits per heavy atom. The average molecular weight is 193 g/mol. The summed E-state index contributed by atoms with van der Waals surface area (Å²) in [5.41, 5.74) is 1.25. The van der Waals surface area contributed by atoms with Gasteiger partial charge in [-0.05, 0) is 19.4 Å². The second-order valence-electron chi connectivity index (χ2n) is 4.68. The van der Waals surface area contributed by atoms with Crippen LogP contribution in [0.2, 0.25) is 0 Å². The van der Waals surface area contributed by atoms with E-state index in [1.54, 1.807) is 0 Å². The average Bonchev–Trinajstić information content (AvgIpc) is 2.44. The molecular weight excluding hydrogens is 174 g/mol. The van der Waals surface area contributed by atoms with Gasteiger partial charge in [-0.25, -0.2) is 4.98 Å². The van der Waals surface area contributed by atoms with E-state index < -0.39 is 0 Å². The smallest absolute Gasteiger partial charge is 0.123 e. The minimum Gasteiger partial charge on any atom is -0.332 e. The molecule has 0 aliphatic carbocycles. The number of rotatable bonds is 2. The molecule has 14 heavy (non-hydrogen) atoms. The van der Waals surface area contributed by atoms with Gasteiger partial charge >= 0.3 is 0 Å². The van der Waals surface area contributed by atoms with Crippen molar-refractivity contribution in [2.24, 2.45) is 5.92 Å². The van der Waals surface area contributed by atoms with Crippen LogP contribution in [0.15, 0.2) is 6.20 Å². The van der Waals surface area contributed by atoms with E-state index in [0.29, 0.717) is 5.92 Å². The number of imidazole rings is 1. The normalized spacial score (nSPS) is 17.4. The molecule has 0 saturated carbocycles. The molecule has 3 heteroatoms. The van der Waals surface area contributed by atoms with Crippen LogP contribution in [-0.2, 0) is 19.5 Å². The van der Waals surface area contributed by atoms with Crippen LogP contribution in [0.25, 0.3) is 0 Å². The highest BCUT2D eigenvalue weighted by molar-refractivity contribution is 5.06. The van der Waals surface area contributed by atoms with E-state index in [0.717, 1.165) is 26.1 Å². The van der Waals surface area contributed by atoms with Gasteiger partial charge in [0.2, 0.25) is 0 Å². The van der Waals surface area contributed by atoms with Gasteiger partial charge in [0.05, 0.1) is 12.2 Å². The molecule has 3 nitrogen and oxygen atoms in total. The maximum absolute atomic E-state index is 4.66. The lowest BCUT2D eigenvalue weighted by Gasteiger charge is -2.22. The molecule has 0 spiro atoms. The molecule has 0 atom stereocenters. The van der Waals surface area contributed by atoms with Gasteiger partial charge in [0, 0.05) is 19.3 Å². The first-order valence-corrected chi connectivity index (χ1v) is 5.38. The second kappa shape index (κ2) is 3.73. The van der Waals surface area contributed by atoms with Crippen molar-refractivity contribution in [3.63, 3.8) is 0 Å². The minimum atomic E-state index is 0.699. The van der Waals surface area contributed by atoms with Gasteiger partial charge in [-0.3, -0.25) is 4.90 Å². The van der Waals surface area contributed by atoms with Crippen LogP contribution in [0, 0.1) is 5.92 Å². The Morgan fingerprint density at radius 2 is 2.21 bits per heavy atom. The number of hydrogen-bond donors (Lipinski definition) is 0. The molecular formula is C11H19N3. The minimum absolute atomic E-state index is 0.699. The highest BCUT2D eigenvalue weighted by atomic mass is 15.2. The molecule has 1 aliphatic rings. The summed E-state index contributed by atoms with van der Waals surface area (Å²) in [6.45, 7) is 7.72. The summed E-state index contributed by atoms with van der Waals surface area (Å²) in [5, 5.41) is 0. The Labute approximate surface area is 85.7 Å². The van der Waals surface area contributed by atoms with E-state index in [1.807, 2.05) is 0 Å². The number of aromatic nitrogens is 2. The van der Waals surface area contributed by atoms with Gasteiger partial charge in [-0.1, -0.05) is 13.8 Å². The molecule has 1 aromatic rings. The van der Waals surface area contributed by atoms with Crippen LogP contribution in [-0.4, -0.2) is 28.0 Å². The third-order valence-electron chi connectivity index (χ3n) is 2.66. The molecule has 2 rings (SSSR count). The summed E-state index contributed by atoms with van der Waals surface area (Å²) in [6.07, 6.45) is 3.33. The van der Waals surface area contributed by atoms with E-state index in [4.69, 9.17) is 0 Å². The zero-order valence-corrected chi connectivity index (χ0v) is 9.32. The van der Waals surface area contributed by atoms with Crippen molar-refractivity contribution in [1.82, 2.24) is 14.5 Å². The molecule has 0 radical (unpaired) electrons. The van der Waals surface area contributed by atoms with Crippen molar-refractivity contribution in [3.05, 3.63) is 17.7 Å². The van der Waals surface area contributed by atoms with Gasteiger partial charge in [0.1, 0.15) is 5.82 Å². The zero-order valence-electron chi connectivity index (χ0n) is 9.32. The molecule has 0 fully saturated rings. The van der Waals surface area contributed by atoms with E-state index in [-0.39, 0.29) is 0 Å². The van der Waals surface area contributed by atoms with Gasteiger partial charge in [0.25, 0.3) is 0 Å². The molecule has 1 aromatic heterocycles. The predicted molar refractivity (Wildman–Crippen MR) is 57.1 cm³/mol. The highest BCUT2D eigenvalue weighted by Gasteiger charge is 2.15. The van der Waals surface area contributed by atoms with Crippen LogP contribution >= 0.6 is 0 Å². The summed E-state index contributed by atoms with van der Waals surface area (Å²) in [6, 6.07) is 0. The van der Waals surface area contributed by atoms with E-state index in [9.17, 15) is 0 Å². The molecule has 0 bridgehead atoms. The Balaban J connectivity index is 2.15. The van der Waals surface area contributed by atoms with Crippen molar-refractivity contribution in [3.8, 4) is 0 Å². The van der Waals surface area contributed by atoms with Crippen LogP contribution in [0.3, 0.4) is 0 Å². The fraction of sp³-hybridized carbons (Fsp3) is 0.727. The van der Waals surface area contributed by atoms with Crippen LogP contribution < -0.4 is 0 Å². The summed E-state index contributed by atoms with van der Waals surface area (Å²) in [5.74, 6) is 1.93. The van der Waals surface area contributed by atoms with Crippen LogP contribution in [0.5, 0.6) is 0 Å². The standard InChI is InChI=1S/C11H19N3/c1-9(2)6-10-7-14-5-4-13(3)8-11(14)12-10/h7,9H,4-6,8H2,1-3H3. The van der Waals surface area contributed by atoms with Crippen molar-refractivity contribution in [2.75, 3.05) is 13.6 Å². The predicted octanol–water partition coefficient (Wildman–Crippen LogP) is 1.53. The summed E-state index contributed by atoms with van der Waals surface area (Å²) in [4.78, 5) is 6.98. The quantitative estimate of drug-likeness (QED) is 0.710. The Kier molecular flexibility index (Phi) is 2.59. The van der Waals surface area contributed by atoms with E-state index in [1.165, 1.54) is 11.5 Å². The Morgan fingerprint density at radius 1 is 1.43 bits per heavy atom. The van der Waals surface area contributed by atoms with Gasteiger partial charge < -0.3 is 4.57 Å². The molecule has 0 aromatic carbocycles. The third-order valence-corrected chi connectivity index (χ3v) is 2.66. The molecule has 0 saturated heterocycles. The Bertz CT molecular complexity index is 314. The molecule has 1 aliphatic heterocycles. The van der Waals surface area contributed by atoms with Crippen LogP contribution in [0.4, 0.5) is 0 Å². The molecule has 78 valence electrons. The number of fused-ring (bicyclic) bond motifs is 1. The molecule has 0 amide bonds. The molecule has 0 N–H and O–H groups in total. The topological polar surface area (TPSA) is 21.1 Å². The lowest BCUT2D eigenvalue weighted by atomic mass is 10.1. The molecule has 0 unspecified atom stereocenters.